The van der Waals surface area contributed by atoms with Gasteiger partial charge < -0.3 is 4.74 Å². The Kier molecular flexibility index (Phi) is 6.07. The van der Waals surface area contributed by atoms with Crippen LogP contribution in [0.15, 0.2) is 42.5 Å². The molecular formula is C24H26FNO5S. The lowest BCUT2D eigenvalue weighted by atomic mass is 9.79. The molecule has 0 amide bonds. The van der Waals surface area contributed by atoms with Crippen molar-refractivity contribution in [2.75, 3.05) is 23.7 Å². The summed E-state index contributed by atoms with van der Waals surface area (Å²) in [5, 5.41) is 0. The third kappa shape index (κ3) is 4.28. The second-order valence-corrected chi connectivity index (χ2v) is 10.5. The molecule has 6 nitrogen and oxygen atoms in total. The Morgan fingerprint density at radius 2 is 1.75 bits per heavy atom. The highest BCUT2D eigenvalue weighted by molar-refractivity contribution is 7.92. The summed E-state index contributed by atoms with van der Waals surface area (Å²) in [7, 11) is -3.38. The standard InChI is InChI=1S/C24H26FNO5S/c1-32(29,30)26-14-4-5-17-15-18(6-11-21(17)26)22(27)16-31-23(28)24(12-2-3-13-24)19-7-9-20(25)10-8-19/h6-11,15H,2-5,12-14,16H2,1H3. The zero-order valence-electron chi connectivity index (χ0n) is 18.0. The minimum Gasteiger partial charge on any atom is -0.457 e. The molecule has 1 fully saturated rings. The number of sulfonamides is 1. The van der Waals surface area contributed by atoms with Crippen LogP contribution in [-0.2, 0) is 31.4 Å². The Hall–Kier alpha value is -2.74. The van der Waals surface area contributed by atoms with Crippen molar-refractivity contribution in [1.29, 1.82) is 0 Å². The molecule has 1 heterocycles. The number of carbonyl (C=O) groups is 2. The molecule has 1 saturated carbocycles. The minimum atomic E-state index is -3.38. The van der Waals surface area contributed by atoms with E-state index < -0.39 is 28.0 Å². The number of ketones is 1. The summed E-state index contributed by atoms with van der Waals surface area (Å²) >= 11 is 0. The van der Waals surface area contributed by atoms with Gasteiger partial charge in [-0.1, -0.05) is 25.0 Å². The summed E-state index contributed by atoms with van der Waals surface area (Å²) < 4.78 is 44.2. The zero-order chi connectivity index (χ0) is 22.9. The Labute approximate surface area is 187 Å². The van der Waals surface area contributed by atoms with Crippen LogP contribution in [0.25, 0.3) is 0 Å². The van der Waals surface area contributed by atoms with Gasteiger partial charge in [-0.15, -0.1) is 0 Å². The average molecular weight is 460 g/mol. The Balaban J connectivity index is 1.49. The van der Waals surface area contributed by atoms with Crippen LogP contribution >= 0.6 is 0 Å². The Morgan fingerprint density at radius 1 is 1.06 bits per heavy atom. The van der Waals surface area contributed by atoms with Crippen molar-refractivity contribution in [2.45, 2.75) is 43.9 Å². The molecule has 0 saturated heterocycles. The van der Waals surface area contributed by atoms with Gasteiger partial charge in [-0.05, 0) is 67.1 Å². The van der Waals surface area contributed by atoms with Crippen LogP contribution in [0, 0.1) is 5.82 Å². The van der Waals surface area contributed by atoms with Gasteiger partial charge in [0.2, 0.25) is 10.0 Å². The van der Waals surface area contributed by atoms with Crippen LogP contribution in [0.2, 0.25) is 0 Å². The summed E-state index contributed by atoms with van der Waals surface area (Å²) in [4.78, 5) is 25.8. The lowest BCUT2D eigenvalue weighted by molar-refractivity contribution is -0.149. The lowest BCUT2D eigenvalue weighted by Crippen LogP contribution is -2.36. The highest BCUT2D eigenvalue weighted by Crippen LogP contribution is 2.42. The van der Waals surface area contributed by atoms with E-state index in [0.717, 1.165) is 18.4 Å². The molecule has 0 N–H and O–H groups in total. The van der Waals surface area contributed by atoms with E-state index in [1.54, 1.807) is 30.3 Å². The van der Waals surface area contributed by atoms with Crippen LogP contribution in [0.3, 0.4) is 0 Å². The molecule has 2 aromatic carbocycles. The number of hydrogen-bond donors (Lipinski definition) is 0. The highest BCUT2D eigenvalue weighted by atomic mass is 32.2. The monoisotopic (exact) mass is 459 g/mol. The van der Waals surface area contributed by atoms with Gasteiger partial charge in [0.25, 0.3) is 0 Å². The molecule has 0 atom stereocenters. The van der Waals surface area contributed by atoms with Crippen molar-refractivity contribution in [1.82, 2.24) is 0 Å². The fourth-order valence-electron chi connectivity index (χ4n) is 4.79. The number of esters is 1. The molecule has 0 unspecified atom stereocenters. The van der Waals surface area contributed by atoms with E-state index in [1.165, 1.54) is 22.7 Å². The van der Waals surface area contributed by atoms with E-state index in [4.69, 9.17) is 4.74 Å². The normalized spacial score (nSPS) is 17.6. The summed E-state index contributed by atoms with van der Waals surface area (Å²) in [6.45, 7) is 0.0264. The van der Waals surface area contributed by atoms with E-state index >= 15 is 0 Å². The highest BCUT2D eigenvalue weighted by Gasteiger charge is 2.44. The molecule has 0 radical (unpaired) electrons. The maximum Gasteiger partial charge on any atom is 0.317 e. The predicted octanol–water partition coefficient (Wildman–Crippen LogP) is 3.78. The fourth-order valence-corrected chi connectivity index (χ4v) is 5.79. The number of hydrogen-bond acceptors (Lipinski definition) is 5. The first-order chi connectivity index (χ1) is 15.2. The molecule has 0 spiro atoms. The van der Waals surface area contributed by atoms with E-state index in [1.807, 2.05) is 0 Å². The molecule has 32 heavy (non-hydrogen) atoms. The third-order valence-corrected chi connectivity index (χ3v) is 7.64. The smallest absolute Gasteiger partial charge is 0.317 e. The zero-order valence-corrected chi connectivity index (χ0v) is 18.8. The predicted molar refractivity (Wildman–Crippen MR) is 119 cm³/mol. The van der Waals surface area contributed by atoms with Crippen molar-refractivity contribution < 1.29 is 27.1 Å². The van der Waals surface area contributed by atoms with Gasteiger partial charge in [-0.2, -0.15) is 0 Å². The molecule has 1 aliphatic carbocycles. The minimum absolute atomic E-state index is 0.343. The summed E-state index contributed by atoms with van der Waals surface area (Å²) in [5.74, 6) is -1.17. The molecule has 0 bridgehead atoms. The topological polar surface area (TPSA) is 80.8 Å². The number of rotatable bonds is 6. The first-order valence-corrected chi connectivity index (χ1v) is 12.6. The van der Waals surface area contributed by atoms with E-state index in [9.17, 15) is 22.4 Å². The third-order valence-electron chi connectivity index (χ3n) is 6.46. The van der Waals surface area contributed by atoms with Gasteiger partial charge in [0.15, 0.2) is 12.4 Å². The summed E-state index contributed by atoms with van der Waals surface area (Å²) in [5.41, 5.74) is 1.63. The van der Waals surface area contributed by atoms with E-state index in [0.29, 0.717) is 49.0 Å². The molecule has 1 aliphatic heterocycles. The van der Waals surface area contributed by atoms with Crippen molar-refractivity contribution in [3.8, 4) is 0 Å². The summed E-state index contributed by atoms with van der Waals surface area (Å²) in [6.07, 6.45) is 5.45. The van der Waals surface area contributed by atoms with Crippen molar-refractivity contribution >= 4 is 27.5 Å². The number of fused-ring (bicyclic) bond motifs is 1. The Morgan fingerprint density at radius 3 is 2.41 bits per heavy atom. The first-order valence-electron chi connectivity index (χ1n) is 10.8. The van der Waals surface area contributed by atoms with Crippen LogP contribution in [0.5, 0.6) is 0 Å². The first kappa shape index (κ1) is 22.5. The lowest BCUT2D eigenvalue weighted by Gasteiger charge is -2.29. The molecule has 170 valence electrons. The number of Topliss-reactive ketones (excluding diaryl/α,β-unsaturated/α-hetero) is 1. The summed E-state index contributed by atoms with van der Waals surface area (Å²) in [6, 6.07) is 10.8. The van der Waals surface area contributed by atoms with Gasteiger partial charge in [0.05, 0.1) is 17.4 Å². The molecule has 2 aliphatic rings. The van der Waals surface area contributed by atoms with Crippen molar-refractivity contribution in [3.05, 3.63) is 65.0 Å². The van der Waals surface area contributed by atoms with Gasteiger partial charge in [0.1, 0.15) is 5.82 Å². The second kappa shape index (κ2) is 8.65. The van der Waals surface area contributed by atoms with Gasteiger partial charge in [-0.25, -0.2) is 12.8 Å². The Bertz CT molecular complexity index is 1140. The maximum atomic E-state index is 13.4. The molecular weight excluding hydrogens is 433 g/mol. The largest absolute Gasteiger partial charge is 0.457 e. The second-order valence-electron chi connectivity index (χ2n) is 8.58. The van der Waals surface area contributed by atoms with Crippen LogP contribution in [0.4, 0.5) is 10.1 Å². The molecule has 8 heteroatoms. The number of carbonyl (C=O) groups excluding carboxylic acids is 2. The number of halogens is 1. The number of anilines is 1. The number of ether oxygens (including phenoxy) is 1. The van der Waals surface area contributed by atoms with Gasteiger partial charge in [0, 0.05) is 12.1 Å². The van der Waals surface area contributed by atoms with Gasteiger partial charge in [-0.3, -0.25) is 13.9 Å². The van der Waals surface area contributed by atoms with Crippen LogP contribution in [0.1, 0.15) is 53.6 Å². The number of nitrogens with zero attached hydrogens (tertiary/aromatic N) is 1. The van der Waals surface area contributed by atoms with Crippen LogP contribution < -0.4 is 4.31 Å². The quantitative estimate of drug-likeness (QED) is 0.485. The molecule has 4 rings (SSSR count). The number of aryl methyl sites for hydroxylation is 1. The van der Waals surface area contributed by atoms with Gasteiger partial charge >= 0.3 is 5.97 Å². The fraction of sp³-hybridized carbons (Fsp3) is 0.417. The molecule has 0 aromatic heterocycles. The maximum absolute atomic E-state index is 13.4. The van der Waals surface area contributed by atoms with E-state index in [2.05, 4.69) is 0 Å². The van der Waals surface area contributed by atoms with Crippen molar-refractivity contribution in [2.24, 2.45) is 0 Å². The molecule has 2 aromatic rings. The number of benzene rings is 2. The average Bonchev–Trinajstić information content (AvgIpc) is 3.27. The van der Waals surface area contributed by atoms with Crippen molar-refractivity contribution in [3.63, 3.8) is 0 Å². The SMILES string of the molecule is CS(=O)(=O)N1CCCc2cc(C(=O)COC(=O)C3(c4ccc(F)cc4)CCCC3)ccc21. The van der Waals surface area contributed by atoms with Crippen LogP contribution in [-0.4, -0.2) is 39.6 Å². The van der Waals surface area contributed by atoms with E-state index in [-0.39, 0.29) is 11.6 Å².